The SMILES string of the molecule is CCn1c(SCC(=O)Nc2cc(NC(=O)c3ccco3)ccc2C)nc2ccccc2c1=O. The zero-order valence-electron chi connectivity index (χ0n) is 18.1. The third-order valence-electron chi connectivity index (χ3n) is 4.99. The summed E-state index contributed by atoms with van der Waals surface area (Å²) >= 11 is 1.20. The Kier molecular flexibility index (Phi) is 6.60. The van der Waals surface area contributed by atoms with Crippen LogP contribution < -0.4 is 16.2 Å². The fraction of sp³-hybridized carbons (Fsp3) is 0.167. The first kappa shape index (κ1) is 22.3. The van der Waals surface area contributed by atoms with E-state index in [2.05, 4.69) is 15.6 Å². The number of benzene rings is 2. The van der Waals surface area contributed by atoms with Crippen molar-refractivity contribution in [1.29, 1.82) is 0 Å². The lowest BCUT2D eigenvalue weighted by molar-refractivity contribution is -0.113. The maximum absolute atomic E-state index is 12.7. The highest BCUT2D eigenvalue weighted by Crippen LogP contribution is 2.23. The third-order valence-corrected chi connectivity index (χ3v) is 5.97. The van der Waals surface area contributed by atoms with Gasteiger partial charge in [0.15, 0.2) is 10.9 Å². The summed E-state index contributed by atoms with van der Waals surface area (Å²) in [4.78, 5) is 42.2. The molecule has 2 heterocycles. The molecule has 33 heavy (non-hydrogen) atoms. The molecule has 4 rings (SSSR count). The van der Waals surface area contributed by atoms with Crippen molar-refractivity contribution in [3.8, 4) is 0 Å². The van der Waals surface area contributed by atoms with Crippen molar-refractivity contribution >= 4 is 45.9 Å². The molecule has 2 aromatic heterocycles. The Morgan fingerprint density at radius 1 is 1.09 bits per heavy atom. The molecule has 2 amide bonds. The average molecular weight is 463 g/mol. The molecule has 0 spiro atoms. The van der Waals surface area contributed by atoms with Gasteiger partial charge in [0.25, 0.3) is 11.5 Å². The van der Waals surface area contributed by atoms with Gasteiger partial charge in [-0.1, -0.05) is 30.0 Å². The van der Waals surface area contributed by atoms with Crippen LogP contribution in [0, 0.1) is 6.92 Å². The van der Waals surface area contributed by atoms with Gasteiger partial charge < -0.3 is 15.1 Å². The molecule has 0 aliphatic carbocycles. The number of para-hydroxylation sites is 1. The highest BCUT2D eigenvalue weighted by molar-refractivity contribution is 7.99. The van der Waals surface area contributed by atoms with Crippen LogP contribution in [-0.4, -0.2) is 27.1 Å². The molecular weight excluding hydrogens is 440 g/mol. The highest BCUT2D eigenvalue weighted by Gasteiger charge is 2.14. The minimum absolute atomic E-state index is 0.0766. The molecule has 2 N–H and O–H groups in total. The molecule has 168 valence electrons. The molecule has 0 fully saturated rings. The van der Waals surface area contributed by atoms with E-state index in [9.17, 15) is 14.4 Å². The molecule has 0 saturated carbocycles. The maximum Gasteiger partial charge on any atom is 0.291 e. The van der Waals surface area contributed by atoms with E-state index in [1.54, 1.807) is 53.1 Å². The van der Waals surface area contributed by atoms with Crippen LogP contribution >= 0.6 is 11.8 Å². The summed E-state index contributed by atoms with van der Waals surface area (Å²) in [6, 6.07) is 15.6. The van der Waals surface area contributed by atoms with Crippen molar-refractivity contribution in [2.45, 2.75) is 25.5 Å². The lowest BCUT2D eigenvalue weighted by Gasteiger charge is -2.13. The van der Waals surface area contributed by atoms with Crippen molar-refractivity contribution in [2.24, 2.45) is 0 Å². The smallest absolute Gasteiger partial charge is 0.291 e. The van der Waals surface area contributed by atoms with Crippen molar-refractivity contribution in [1.82, 2.24) is 9.55 Å². The zero-order chi connectivity index (χ0) is 23.4. The van der Waals surface area contributed by atoms with E-state index in [1.807, 2.05) is 19.9 Å². The van der Waals surface area contributed by atoms with Crippen LogP contribution in [0.5, 0.6) is 0 Å². The zero-order valence-corrected chi connectivity index (χ0v) is 18.9. The van der Waals surface area contributed by atoms with Crippen molar-refractivity contribution < 1.29 is 14.0 Å². The van der Waals surface area contributed by atoms with Gasteiger partial charge in [0.1, 0.15) is 0 Å². The molecular formula is C24H22N4O4S. The minimum atomic E-state index is -0.378. The normalized spacial score (nSPS) is 10.8. The number of aromatic nitrogens is 2. The lowest BCUT2D eigenvalue weighted by Crippen LogP contribution is -2.23. The quantitative estimate of drug-likeness (QED) is 0.313. The number of thioether (sulfide) groups is 1. The summed E-state index contributed by atoms with van der Waals surface area (Å²) in [5, 5.41) is 6.66. The number of hydrogen-bond acceptors (Lipinski definition) is 6. The average Bonchev–Trinajstić information content (AvgIpc) is 3.35. The molecule has 0 unspecified atom stereocenters. The second-order valence-electron chi connectivity index (χ2n) is 7.26. The number of nitrogens with one attached hydrogen (secondary N) is 2. The van der Waals surface area contributed by atoms with Gasteiger partial charge in [-0.05, 0) is 55.8 Å². The summed E-state index contributed by atoms with van der Waals surface area (Å²) in [5.41, 5.74) is 2.43. The van der Waals surface area contributed by atoms with Gasteiger partial charge in [-0.3, -0.25) is 19.0 Å². The number of aryl methyl sites for hydroxylation is 1. The first-order valence-corrected chi connectivity index (χ1v) is 11.3. The van der Waals surface area contributed by atoms with E-state index < -0.39 is 0 Å². The number of fused-ring (bicyclic) bond motifs is 1. The van der Waals surface area contributed by atoms with E-state index in [0.717, 1.165) is 5.56 Å². The van der Waals surface area contributed by atoms with Crippen LogP contribution in [0.1, 0.15) is 23.0 Å². The third kappa shape index (κ3) is 4.98. The van der Waals surface area contributed by atoms with Crippen molar-refractivity contribution in [3.05, 3.63) is 82.5 Å². The number of amides is 2. The molecule has 0 aliphatic rings. The number of carbonyl (C=O) groups excluding carboxylic acids is 2. The van der Waals surface area contributed by atoms with Crippen molar-refractivity contribution in [2.75, 3.05) is 16.4 Å². The van der Waals surface area contributed by atoms with Crippen LogP contribution in [0.15, 0.2) is 75.2 Å². The van der Waals surface area contributed by atoms with Gasteiger partial charge in [0.05, 0.1) is 22.9 Å². The molecule has 0 saturated heterocycles. The Hall–Kier alpha value is -3.85. The van der Waals surface area contributed by atoms with Gasteiger partial charge in [-0.15, -0.1) is 0 Å². The molecule has 2 aromatic carbocycles. The van der Waals surface area contributed by atoms with Crippen LogP contribution in [0.2, 0.25) is 0 Å². The predicted molar refractivity (Wildman–Crippen MR) is 129 cm³/mol. The molecule has 9 heteroatoms. The fourth-order valence-corrected chi connectivity index (χ4v) is 4.15. The molecule has 4 aromatic rings. The largest absolute Gasteiger partial charge is 0.459 e. The standard InChI is InChI=1S/C24H22N4O4S/c1-3-28-23(31)17-7-4-5-8-18(17)27-24(28)33-14-21(29)26-19-13-16(11-10-15(19)2)25-22(30)20-9-6-12-32-20/h4-13H,3,14H2,1-2H3,(H,25,30)(H,26,29). The monoisotopic (exact) mass is 462 g/mol. The molecule has 0 bridgehead atoms. The lowest BCUT2D eigenvalue weighted by atomic mass is 10.1. The Labute approximate surface area is 194 Å². The molecule has 0 radical (unpaired) electrons. The van der Waals surface area contributed by atoms with E-state index in [1.165, 1.54) is 18.0 Å². The second kappa shape index (κ2) is 9.74. The van der Waals surface area contributed by atoms with Gasteiger partial charge in [0.2, 0.25) is 5.91 Å². The summed E-state index contributed by atoms with van der Waals surface area (Å²) in [6.45, 7) is 4.19. The van der Waals surface area contributed by atoms with Gasteiger partial charge >= 0.3 is 0 Å². The molecule has 8 nitrogen and oxygen atoms in total. The maximum atomic E-state index is 12.7. The molecule has 0 aliphatic heterocycles. The first-order valence-electron chi connectivity index (χ1n) is 10.3. The van der Waals surface area contributed by atoms with Crippen LogP contribution in [0.4, 0.5) is 11.4 Å². The number of anilines is 2. The van der Waals surface area contributed by atoms with E-state index in [-0.39, 0.29) is 28.9 Å². The Bertz CT molecular complexity index is 1380. The number of carbonyl (C=O) groups is 2. The summed E-state index contributed by atoms with van der Waals surface area (Å²) < 4.78 is 6.67. The van der Waals surface area contributed by atoms with E-state index in [4.69, 9.17) is 4.42 Å². The summed E-state index contributed by atoms with van der Waals surface area (Å²) in [6.07, 6.45) is 1.43. The van der Waals surface area contributed by atoms with Crippen LogP contribution in [-0.2, 0) is 11.3 Å². The fourth-order valence-electron chi connectivity index (χ4n) is 3.29. The van der Waals surface area contributed by atoms with Gasteiger partial charge in [0, 0.05) is 17.9 Å². The topological polar surface area (TPSA) is 106 Å². The second-order valence-corrected chi connectivity index (χ2v) is 8.20. The number of hydrogen-bond donors (Lipinski definition) is 2. The van der Waals surface area contributed by atoms with Crippen LogP contribution in [0.25, 0.3) is 10.9 Å². The Morgan fingerprint density at radius 2 is 1.91 bits per heavy atom. The minimum Gasteiger partial charge on any atom is -0.459 e. The number of rotatable bonds is 7. The van der Waals surface area contributed by atoms with E-state index >= 15 is 0 Å². The predicted octanol–water partition coefficient (Wildman–Crippen LogP) is 4.30. The first-order chi connectivity index (χ1) is 16.0. The van der Waals surface area contributed by atoms with Crippen molar-refractivity contribution in [3.63, 3.8) is 0 Å². The highest BCUT2D eigenvalue weighted by atomic mass is 32.2. The number of nitrogens with zero attached hydrogens (tertiary/aromatic N) is 2. The molecule has 0 atom stereocenters. The number of furan rings is 1. The summed E-state index contributed by atoms with van der Waals surface area (Å²) in [7, 11) is 0. The van der Waals surface area contributed by atoms with E-state index in [0.29, 0.717) is 34.0 Å². The Morgan fingerprint density at radius 3 is 2.67 bits per heavy atom. The van der Waals surface area contributed by atoms with Gasteiger partial charge in [-0.2, -0.15) is 0 Å². The van der Waals surface area contributed by atoms with Crippen LogP contribution in [0.3, 0.4) is 0 Å². The Balaban J connectivity index is 1.46. The van der Waals surface area contributed by atoms with Gasteiger partial charge in [-0.25, -0.2) is 4.98 Å². The summed E-state index contributed by atoms with van der Waals surface area (Å²) in [5.74, 6) is -0.352.